The van der Waals surface area contributed by atoms with Gasteiger partial charge in [0, 0.05) is 5.69 Å². The number of nitrogens with two attached hydrogens (primary N) is 2. The molecule has 19 heavy (non-hydrogen) atoms. The molecule has 0 fully saturated rings. The second-order valence-corrected chi connectivity index (χ2v) is 3.92. The molecule has 0 aliphatic heterocycles. The summed E-state index contributed by atoms with van der Waals surface area (Å²) in [6, 6.07) is 4.24. The topological polar surface area (TPSA) is 137 Å². The fraction of sp³-hybridized carbons (Fsp3) is 0. The fourth-order valence-electron chi connectivity index (χ4n) is 1.34. The molecule has 0 unspecified atom stereocenters. The lowest BCUT2D eigenvalue weighted by atomic mass is 10.2. The number of nitrogen functional groups attached to an aromatic ring is 1. The summed E-state index contributed by atoms with van der Waals surface area (Å²) >= 11 is 5.84. The SMILES string of the molecule is NC(=O)c1ccc(NC(=O)c2nonc2N)cc1Cl. The van der Waals surface area contributed by atoms with Crippen LogP contribution in [0.3, 0.4) is 0 Å². The fourth-order valence-corrected chi connectivity index (χ4v) is 1.61. The van der Waals surface area contributed by atoms with Crippen molar-refractivity contribution in [1.29, 1.82) is 0 Å². The zero-order chi connectivity index (χ0) is 14.0. The molecule has 1 heterocycles. The maximum atomic E-state index is 11.7. The van der Waals surface area contributed by atoms with Crippen molar-refractivity contribution in [3.8, 4) is 0 Å². The van der Waals surface area contributed by atoms with Gasteiger partial charge in [0.15, 0.2) is 0 Å². The summed E-state index contributed by atoms with van der Waals surface area (Å²) in [5, 5.41) is 9.22. The molecule has 2 aromatic rings. The number of hydrogen-bond acceptors (Lipinski definition) is 6. The molecule has 1 aromatic heterocycles. The van der Waals surface area contributed by atoms with Crippen LogP contribution < -0.4 is 16.8 Å². The van der Waals surface area contributed by atoms with E-state index in [1.54, 1.807) is 0 Å². The Bertz CT molecular complexity index is 654. The van der Waals surface area contributed by atoms with E-state index < -0.39 is 11.8 Å². The Morgan fingerprint density at radius 3 is 2.58 bits per heavy atom. The first kappa shape index (κ1) is 12.8. The Morgan fingerprint density at radius 2 is 2.05 bits per heavy atom. The largest absolute Gasteiger partial charge is 0.379 e. The van der Waals surface area contributed by atoms with Crippen LogP contribution in [0.2, 0.25) is 5.02 Å². The molecule has 5 N–H and O–H groups in total. The summed E-state index contributed by atoms with van der Waals surface area (Å²) < 4.78 is 4.31. The van der Waals surface area contributed by atoms with E-state index in [-0.39, 0.29) is 22.1 Å². The standard InChI is InChI=1S/C10H8ClN5O3/c11-6-3-4(1-2-5(6)9(13)17)14-10(18)7-8(12)16-19-15-7/h1-3H,(H2,12,16)(H2,13,17)(H,14,18). The van der Waals surface area contributed by atoms with Gasteiger partial charge in [0.25, 0.3) is 5.91 Å². The molecular formula is C10H8ClN5O3. The molecule has 2 rings (SSSR count). The van der Waals surface area contributed by atoms with Gasteiger partial charge in [0.2, 0.25) is 17.4 Å². The van der Waals surface area contributed by atoms with Crippen LogP contribution in [-0.4, -0.2) is 22.1 Å². The van der Waals surface area contributed by atoms with Crippen molar-refractivity contribution in [2.24, 2.45) is 5.73 Å². The smallest absolute Gasteiger partial charge is 0.281 e. The summed E-state index contributed by atoms with van der Waals surface area (Å²) in [7, 11) is 0. The zero-order valence-corrected chi connectivity index (χ0v) is 10.1. The van der Waals surface area contributed by atoms with Crippen LogP contribution in [0.25, 0.3) is 0 Å². The average Bonchev–Trinajstić information content (AvgIpc) is 2.75. The van der Waals surface area contributed by atoms with Gasteiger partial charge in [-0.3, -0.25) is 9.59 Å². The zero-order valence-electron chi connectivity index (χ0n) is 9.38. The number of carbonyl (C=O) groups is 2. The minimum absolute atomic E-state index is 0.122. The highest BCUT2D eigenvalue weighted by molar-refractivity contribution is 6.34. The van der Waals surface area contributed by atoms with E-state index in [1.807, 2.05) is 0 Å². The Kier molecular flexibility index (Phi) is 3.34. The number of primary amides is 1. The van der Waals surface area contributed by atoms with Crippen molar-refractivity contribution >= 4 is 34.9 Å². The lowest BCUT2D eigenvalue weighted by Gasteiger charge is -2.05. The van der Waals surface area contributed by atoms with Gasteiger partial charge in [-0.25, -0.2) is 4.63 Å². The van der Waals surface area contributed by atoms with Crippen molar-refractivity contribution < 1.29 is 14.2 Å². The maximum Gasteiger partial charge on any atom is 0.281 e. The van der Waals surface area contributed by atoms with Crippen molar-refractivity contribution in [1.82, 2.24) is 10.3 Å². The van der Waals surface area contributed by atoms with Crippen LogP contribution >= 0.6 is 11.6 Å². The summed E-state index contributed by atoms with van der Waals surface area (Å²) in [5.41, 5.74) is 10.8. The van der Waals surface area contributed by atoms with E-state index in [4.69, 9.17) is 23.1 Å². The summed E-state index contributed by atoms with van der Waals surface area (Å²) in [6.07, 6.45) is 0. The third-order valence-corrected chi connectivity index (χ3v) is 2.53. The van der Waals surface area contributed by atoms with Gasteiger partial charge in [0.1, 0.15) is 0 Å². The number of rotatable bonds is 3. The average molecular weight is 282 g/mol. The number of amides is 2. The number of aromatic nitrogens is 2. The highest BCUT2D eigenvalue weighted by Crippen LogP contribution is 2.21. The van der Waals surface area contributed by atoms with Crippen molar-refractivity contribution in [2.75, 3.05) is 11.1 Å². The Hall–Kier alpha value is -2.61. The van der Waals surface area contributed by atoms with E-state index >= 15 is 0 Å². The monoisotopic (exact) mass is 281 g/mol. The van der Waals surface area contributed by atoms with Crippen LogP contribution in [0, 0.1) is 0 Å². The van der Waals surface area contributed by atoms with Gasteiger partial charge < -0.3 is 16.8 Å². The lowest BCUT2D eigenvalue weighted by Crippen LogP contribution is -2.15. The van der Waals surface area contributed by atoms with E-state index in [2.05, 4.69) is 20.3 Å². The van der Waals surface area contributed by atoms with E-state index in [9.17, 15) is 9.59 Å². The molecule has 2 amide bonds. The van der Waals surface area contributed by atoms with Crippen LogP contribution in [0.4, 0.5) is 11.5 Å². The van der Waals surface area contributed by atoms with Crippen molar-refractivity contribution in [3.05, 3.63) is 34.5 Å². The van der Waals surface area contributed by atoms with Gasteiger partial charge in [-0.15, -0.1) is 0 Å². The number of anilines is 2. The highest BCUT2D eigenvalue weighted by Gasteiger charge is 2.16. The number of carbonyl (C=O) groups excluding carboxylic acids is 2. The van der Waals surface area contributed by atoms with Crippen LogP contribution in [0.15, 0.2) is 22.8 Å². The van der Waals surface area contributed by atoms with Crippen LogP contribution in [0.5, 0.6) is 0 Å². The van der Waals surface area contributed by atoms with Gasteiger partial charge in [-0.2, -0.15) is 0 Å². The molecule has 98 valence electrons. The second kappa shape index (κ2) is 4.94. The Morgan fingerprint density at radius 1 is 1.32 bits per heavy atom. The highest BCUT2D eigenvalue weighted by atomic mass is 35.5. The number of hydrogen-bond donors (Lipinski definition) is 3. The molecule has 0 radical (unpaired) electrons. The normalized spacial score (nSPS) is 10.2. The summed E-state index contributed by atoms with van der Waals surface area (Å²) in [6.45, 7) is 0. The molecule has 8 nitrogen and oxygen atoms in total. The third-order valence-electron chi connectivity index (χ3n) is 2.22. The molecular weight excluding hydrogens is 274 g/mol. The first-order valence-electron chi connectivity index (χ1n) is 4.97. The minimum Gasteiger partial charge on any atom is -0.379 e. The molecule has 0 spiro atoms. The molecule has 0 saturated heterocycles. The number of benzene rings is 1. The van der Waals surface area contributed by atoms with E-state index in [0.717, 1.165) is 0 Å². The predicted molar refractivity (Wildman–Crippen MR) is 66.6 cm³/mol. The second-order valence-electron chi connectivity index (χ2n) is 3.51. The van der Waals surface area contributed by atoms with Crippen molar-refractivity contribution in [3.63, 3.8) is 0 Å². The van der Waals surface area contributed by atoms with Gasteiger partial charge in [-0.05, 0) is 28.5 Å². The van der Waals surface area contributed by atoms with Crippen LogP contribution in [-0.2, 0) is 0 Å². The van der Waals surface area contributed by atoms with Gasteiger partial charge >= 0.3 is 0 Å². The Labute approximate surface area is 111 Å². The predicted octanol–water partition coefficient (Wildman–Crippen LogP) is 0.656. The minimum atomic E-state index is -0.659. The first-order valence-corrected chi connectivity index (χ1v) is 5.35. The molecule has 0 aliphatic rings. The molecule has 0 aliphatic carbocycles. The van der Waals surface area contributed by atoms with Crippen LogP contribution in [0.1, 0.15) is 20.8 Å². The van der Waals surface area contributed by atoms with E-state index in [1.165, 1.54) is 18.2 Å². The molecule has 1 aromatic carbocycles. The van der Waals surface area contributed by atoms with Gasteiger partial charge in [0.05, 0.1) is 10.6 Å². The quantitative estimate of drug-likeness (QED) is 0.755. The van der Waals surface area contributed by atoms with Gasteiger partial charge in [-0.1, -0.05) is 11.6 Å². The van der Waals surface area contributed by atoms with E-state index in [0.29, 0.717) is 5.69 Å². The summed E-state index contributed by atoms with van der Waals surface area (Å²) in [5.74, 6) is -1.40. The molecule has 0 atom stereocenters. The third kappa shape index (κ3) is 2.63. The molecule has 9 heteroatoms. The maximum absolute atomic E-state index is 11.7. The Balaban J connectivity index is 2.21. The number of nitrogens with one attached hydrogen (secondary N) is 1. The number of halogens is 1. The lowest BCUT2D eigenvalue weighted by molar-refractivity contribution is 0.0997. The first-order chi connectivity index (χ1) is 8.99. The molecule has 0 bridgehead atoms. The van der Waals surface area contributed by atoms with Crippen molar-refractivity contribution in [2.45, 2.75) is 0 Å². The molecule has 0 saturated carbocycles. The number of nitrogens with zero attached hydrogens (tertiary/aromatic N) is 2. The summed E-state index contributed by atoms with van der Waals surface area (Å²) in [4.78, 5) is 22.7.